The smallest absolute Gasteiger partial charge is 0.333 e. The van der Waals surface area contributed by atoms with Gasteiger partial charge in [0, 0.05) is 5.92 Å². The molecule has 1 aromatic carbocycles. The minimum absolute atomic E-state index is 0.469. The van der Waals surface area contributed by atoms with Gasteiger partial charge in [-0.25, -0.2) is 4.79 Å². The van der Waals surface area contributed by atoms with Crippen molar-refractivity contribution in [1.29, 1.82) is 0 Å². The van der Waals surface area contributed by atoms with Crippen molar-refractivity contribution in [3.63, 3.8) is 0 Å². The summed E-state index contributed by atoms with van der Waals surface area (Å²) in [6.07, 6.45) is 5.02. The molecule has 1 aromatic rings. The first-order valence-electron chi connectivity index (χ1n) is 5.51. The molecule has 0 heterocycles. The molecular weight excluding hydrogens is 216 g/mol. The number of hydrogen-bond donors (Lipinski definition) is 2. The maximum Gasteiger partial charge on any atom is 0.333 e. The van der Waals surface area contributed by atoms with Gasteiger partial charge in [-0.3, -0.25) is 0 Å². The van der Waals surface area contributed by atoms with E-state index in [9.17, 15) is 9.90 Å². The Morgan fingerprint density at radius 2 is 1.94 bits per heavy atom. The van der Waals surface area contributed by atoms with Crippen molar-refractivity contribution in [2.75, 3.05) is 0 Å². The highest BCUT2D eigenvalue weighted by Crippen LogP contribution is 2.32. The normalized spacial score (nSPS) is 17.6. The summed E-state index contributed by atoms with van der Waals surface area (Å²) in [5.41, 5.74) is 1.77. The first kappa shape index (κ1) is 11.6. The largest absolute Gasteiger partial charge is 0.479 e. The van der Waals surface area contributed by atoms with Crippen LogP contribution in [0, 0.1) is 0 Å². The van der Waals surface area contributed by atoms with Crippen LogP contribution in [0.25, 0.3) is 0 Å². The highest BCUT2D eigenvalue weighted by Gasteiger charge is 2.30. The van der Waals surface area contributed by atoms with Crippen LogP contribution in [0.15, 0.2) is 54.1 Å². The van der Waals surface area contributed by atoms with Gasteiger partial charge in [0.2, 0.25) is 0 Å². The fourth-order valence-corrected chi connectivity index (χ4v) is 2.10. The Morgan fingerprint density at radius 1 is 1.24 bits per heavy atom. The fourth-order valence-electron chi connectivity index (χ4n) is 2.10. The molecular formula is C14H14O3. The van der Waals surface area contributed by atoms with E-state index in [-0.39, 0.29) is 0 Å². The van der Waals surface area contributed by atoms with E-state index in [1.807, 2.05) is 48.6 Å². The van der Waals surface area contributed by atoms with Crippen LogP contribution in [-0.2, 0) is 4.79 Å². The monoisotopic (exact) mass is 230 g/mol. The van der Waals surface area contributed by atoms with Crippen LogP contribution in [0.2, 0.25) is 0 Å². The van der Waals surface area contributed by atoms with Crippen LogP contribution >= 0.6 is 0 Å². The lowest BCUT2D eigenvalue weighted by molar-refractivity contribution is -0.147. The van der Waals surface area contributed by atoms with Crippen molar-refractivity contribution in [2.24, 2.45) is 0 Å². The van der Waals surface area contributed by atoms with E-state index >= 15 is 0 Å². The molecule has 2 N–H and O–H groups in total. The lowest BCUT2D eigenvalue weighted by atomic mass is 9.85. The van der Waals surface area contributed by atoms with Crippen molar-refractivity contribution in [3.8, 4) is 0 Å². The number of carboxylic acids is 1. The maximum absolute atomic E-state index is 11.0. The molecule has 0 aliphatic heterocycles. The number of carboxylic acid groups (broad SMARTS) is 1. The van der Waals surface area contributed by atoms with E-state index in [1.54, 1.807) is 0 Å². The standard InChI is InChI=1S/C14H14O3/c15-13(14(16)17)12(11-8-4-5-9-11)10-6-2-1-3-7-10/h1-8,12-13,15H,9H2,(H,16,17). The molecule has 0 amide bonds. The van der Waals surface area contributed by atoms with Gasteiger partial charge in [-0.15, -0.1) is 0 Å². The molecule has 2 unspecified atom stereocenters. The molecule has 0 spiro atoms. The van der Waals surface area contributed by atoms with Gasteiger partial charge in [0.25, 0.3) is 0 Å². The Bertz CT molecular complexity index is 460. The minimum Gasteiger partial charge on any atom is -0.479 e. The minimum atomic E-state index is -1.40. The third-order valence-corrected chi connectivity index (χ3v) is 2.93. The maximum atomic E-state index is 11.0. The van der Waals surface area contributed by atoms with E-state index in [1.165, 1.54) is 0 Å². The molecule has 1 aliphatic carbocycles. The Balaban J connectivity index is 2.34. The number of benzene rings is 1. The summed E-state index contributed by atoms with van der Waals surface area (Å²) in [7, 11) is 0. The average Bonchev–Trinajstić information content (AvgIpc) is 2.84. The summed E-state index contributed by atoms with van der Waals surface area (Å²) >= 11 is 0. The zero-order valence-electron chi connectivity index (χ0n) is 9.28. The second-order valence-electron chi connectivity index (χ2n) is 4.05. The second kappa shape index (κ2) is 4.97. The van der Waals surface area contributed by atoms with Gasteiger partial charge in [-0.05, 0) is 12.0 Å². The number of aliphatic hydroxyl groups excluding tert-OH is 1. The van der Waals surface area contributed by atoms with Crippen LogP contribution in [0.3, 0.4) is 0 Å². The summed E-state index contributed by atoms with van der Waals surface area (Å²) in [4.78, 5) is 11.0. The van der Waals surface area contributed by atoms with E-state index in [0.29, 0.717) is 6.42 Å². The number of aliphatic carboxylic acids is 1. The Hall–Kier alpha value is -1.87. The van der Waals surface area contributed by atoms with Gasteiger partial charge >= 0.3 is 5.97 Å². The van der Waals surface area contributed by atoms with Gasteiger partial charge in [-0.1, -0.05) is 54.1 Å². The number of carbonyl (C=O) groups is 1. The molecule has 0 radical (unpaired) electrons. The molecule has 3 heteroatoms. The predicted octanol–water partition coefficient (Wildman–Crippen LogP) is 2.10. The Morgan fingerprint density at radius 3 is 2.47 bits per heavy atom. The van der Waals surface area contributed by atoms with E-state index in [0.717, 1.165) is 11.1 Å². The van der Waals surface area contributed by atoms with Gasteiger partial charge in [0.1, 0.15) is 0 Å². The third kappa shape index (κ3) is 2.45. The number of rotatable bonds is 4. The first-order chi connectivity index (χ1) is 8.20. The summed E-state index contributed by atoms with van der Waals surface area (Å²) in [5.74, 6) is -1.66. The van der Waals surface area contributed by atoms with E-state index in [4.69, 9.17) is 5.11 Å². The van der Waals surface area contributed by atoms with Gasteiger partial charge in [-0.2, -0.15) is 0 Å². The molecule has 17 heavy (non-hydrogen) atoms. The summed E-state index contributed by atoms with van der Waals surface area (Å²) in [6, 6.07) is 9.25. The zero-order valence-corrected chi connectivity index (χ0v) is 9.28. The molecule has 0 saturated heterocycles. The quantitative estimate of drug-likeness (QED) is 0.832. The third-order valence-electron chi connectivity index (χ3n) is 2.93. The van der Waals surface area contributed by atoms with Crippen LogP contribution in [0.1, 0.15) is 17.9 Å². The van der Waals surface area contributed by atoms with E-state index < -0.39 is 18.0 Å². The SMILES string of the molecule is O=C(O)C(O)C(C1=CC=CC1)c1ccccc1. The first-order valence-corrected chi connectivity index (χ1v) is 5.51. The average molecular weight is 230 g/mol. The van der Waals surface area contributed by atoms with Gasteiger partial charge in [0.15, 0.2) is 6.10 Å². The molecule has 88 valence electrons. The van der Waals surface area contributed by atoms with Gasteiger partial charge < -0.3 is 10.2 Å². The van der Waals surface area contributed by atoms with Crippen molar-refractivity contribution in [3.05, 3.63) is 59.7 Å². The summed E-state index contributed by atoms with van der Waals surface area (Å²) in [6.45, 7) is 0. The number of allylic oxidation sites excluding steroid dienone is 3. The van der Waals surface area contributed by atoms with Crippen molar-refractivity contribution < 1.29 is 15.0 Å². The van der Waals surface area contributed by atoms with Crippen LogP contribution in [-0.4, -0.2) is 22.3 Å². The molecule has 2 rings (SSSR count). The van der Waals surface area contributed by atoms with Crippen molar-refractivity contribution in [1.82, 2.24) is 0 Å². The molecule has 2 atom stereocenters. The van der Waals surface area contributed by atoms with Crippen LogP contribution in [0.5, 0.6) is 0 Å². The molecule has 1 aliphatic rings. The molecule has 3 nitrogen and oxygen atoms in total. The highest BCUT2D eigenvalue weighted by molar-refractivity contribution is 5.74. The Kier molecular flexibility index (Phi) is 3.40. The fraction of sp³-hybridized carbons (Fsp3) is 0.214. The van der Waals surface area contributed by atoms with Crippen molar-refractivity contribution >= 4 is 5.97 Å². The molecule has 0 aromatic heterocycles. The summed E-state index contributed by atoms with van der Waals surface area (Å²) < 4.78 is 0. The summed E-state index contributed by atoms with van der Waals surface area (Å²) in [5, 5.41) is 18.8. The van der Waals surface area contributed by atoms with Gasteiger partial charge in [0.05, 0.1) is 0 Å². The number of aliphatic hydroxyl groups is 1. The molecule has 0 bridgehead atoms. The second-order valence-corrected chi connectivity index (χ2v) is 4.05. The Labute approximate surface area is 99.7 Å². The number of hydrogen-bond acceptors (Lipinski definition) is 2. The van der Waals surface area contributed by atoms with Crippen LogP contribution in [0.4, 0.5) is 0 Å². The highest BCUT2D eigenvalue weighted by atomic mass is 16.4. The lowest BCUT2D eigenvalue weighted by Crippen LogP contribution is -2.28. The lowest BCUT2D eigenvalue weighted by Gasteiger charge is -2.21. The molecule has 0 fully saturated rings. The van der Waals surface area contributed by atoms with E-state index in [2.05, 4.69) is 0 Å². The zero-order chi connectivity index (χ0) is 12.3. The molecule has 0 saturated carbocycles. The van der Waals surface area contributed by atoms with Crippen molar-refractivity contribution in [2.45, 2.75) is 18.4 Å². The van der Waals surface area contributed by atoms with Crippen LogP contribution < -0.4 is 0 Å². The topological polar surface area (TPSA) is 57.5 Å². The predicted molar refractivity (Wildman–Crippen MR) is 64.7 cm³/mol.